The summed E-state index contributed by atoms with van der Waals surface area (Å²) in [5.41, 5.74) is 5.49. The highest BCUT2D eigenvalue weighted by molar-refractivity contribution is 7.99. The first kappa shape index (κ1) is 13.8. The minimum atomic E-state index is -0.680. The maximum atomic E-state index is 6.17. The first-order valence-corrected chi connectivity index (χ1v) is 7.50. The molecule has 1 aromatic rings. The summed E-state index contributed by atoms with van der Waals surface area (Å²) in [6.07, 6.45) is 3.30. The van der Waals surface area contributed by atoms with E-state index in [4.69, 9.17) is 15.0 Å². The van der Waals surface area contributed by atoms with Crippen LogP contribution in [-0.2, 0) is 10.3 Å². The van der Waals surface area contributed by atoms with Gasteiger partial charge in [0.25, 0.3) is 0 Å². The van der Waals surface area contributed by atoms with E-state index in [1.807, 2.05) is 18.7 Å². The van der Waals surface area contributed by atoms with Crippen LogP contribution in [0.15, 0.2) is 4.52 Å². The number of hydrogen-bond donors (Lipinski definition) is 1. The molecule has 1 saturated heterocycles. The Bertz CT molecular complexity index is 375. The summed E-state index contributed by atoms with van der Waals surface area (Å²) < 4.78 is 10.8. The number of hydrogen-bond acceptors (Lipinski definition) is 6. The lowest BCUT2D eigenvalue weighted by molar-refractivity contribution is 0.0867. The molecule has 2 heterocycles. The van der Waals surface area contributed by atoms with Crippen molar-refractivity contribution in [2.24, 2.45) is 5.73 Å². The third-order valence-electron chi connectivity index (χ3n) is 2.91. The van der Waals surface area contributed by atoms with Crippen LogP contribution in [0.4, 0.5) is 0 Å². The molecule has 1 aliphatic rings. The van der Waals surface area contributed by atoms with Crippen molar-refractivity contribution < 1.29 is 9.26 Å². The molecule has 0 amide bonds. The lowest BCUT2D eigenvalue weighted by Crippen LogP contribution is -2.39. The number of thioether (sulfide) groups is 1. The molecule has 0 bridgehead atoms. The highest BCUT2D eigenvalue weighted by atomic mass is 32.2. The zero-order valence-electron chi connectivity index (χ0n) is 11.0. The average Bonchev–Trinajstić information content (AvgIpc) is 3.00. The summed E-state index contributed by atoms with van der Waals surface area (Å²) >= 11 is 1.87. The largest absolute Gasteiger partial charge is 0.379 e. The quantitative estimate of drug-likeness (QED) is 0.800. The monoisotopic (exact) mass is 271 g/mol. The van der Waals surface area contributed by atoms with E-state index >= 15 is 0 Å². The van der Waals surface area contributed by atoms with Crippen molar-refractivity contribution in [1.82, 2.24) is 10.1 Å². The van der Waals surface area contributed by atoms with Gasteiger partial charge in [-0.15, -0.1) is 11.8 Å². The molecule has 0 aliphatic carbocycles. The van der Waals surface area contributed by atoms with Crippen LogP contribution in [0.1, 0.15) is 50.1 Å². The predicted molar refractivity (Wildman–Crippen MR) is 71.4 cm³/mol. The van der Waals surface area contributed by atoms with Crippen LogP contribution >= 0.6 is 11.8 Å². The molecule has 2 unspecified atom stereocenters. The van der Waals surface area contributed by atoms with Crippen molar-refractivity contribution in [3.05, 3.63) is 11.7 Å². The minimum Gasteiger partial charge on any atom is -0.379 e. The van der Waals surface area contributed by atoms with Gasteiger partial charge in [0.1, 0.15) is 5.54 Å². The van der Waals surface area contributed by atoms with Gasteiger partial charge in [-0.2, -0.15) is 4.98 Å². The van der Waals surface area contributed by atoms with E-state index in [2.05, 4.69) is 17.1 Å². The molecule has 1 fully saturated rings. The summed E-state index contributed by atoms with van der Waals surface area (Å²) in [6, 6.07) is 0. The van der Waals surface area contributed by atoms with Crippen molar-refractivity contribution in [2.45, 2.75) is 43.9 Å². The minimum absolute atomic E-state index is 0.346. The van der Waals surface area contributed by atoms with E-state index in [1.165, 1.54) is 12.2 Å². The number of rotatable bonds is 6. The molecule has 6 heteroatoms. The van der Waals surface area contributed by atoms with E-state index in [1.54, 1.807) is 0 Å². The molecule has 2 atom stereocenters. The molecule has 5 nitrogen and oxygen atoms in total. The van der Waals surface area contributed by atoms with E-state index in [-0.39, 0.29) is 0 Å². The third kappa shape index (κ3) is 3.24. The molecule has 0 saturated carbocycles. The Kier molecular flexibility index (Phi) is 4.64. The molecule has 0 radical (unpaired) electrons. The second kappa shape index (κ2) is 6.04. The fourth-order valence-electron chi connectivity index (χ4n) is 1.86. The number of aromatic nitrogens is 2. The molecular weight excluding hydrogens is 250 g/mol. The van der Waals surface area contributed by atoms with Gasteiger partial charge in [-0.25, -0.2) is 0 Å². The smallest absolute Gasteiger partial charge is 0.239 e. The van der Waals surface area contributed by atoms with E-state index in [0.29, 0.717) is 30.2 Å². The molecule has 2 N–H and O–H groups in total. The average molecular weight is 271 g/mol. The van der Waals surface area contributed by atoms with E-state index in [0.717, 1.165) is 12.8 Å². The van der Waals surface area contributed by atoms with E-state index in [9.17, 15) is 0 Å². The maximum Gasteiger partial charge on any atom is 0.239 e. The van der Waals surface area contributed by atoms with Crippen molar-refractivity contribution in [3.8, 4) is 0 Å². The molecule has 102 valence electrons. The number of ether oxygens (including phenoxy) is 1. The molecular formula is C12H21N3O2S. The van der Waals surface area contributed by atoms with Crippen molar-refractivity contribution in [2.75, 3.05) is 19.0 Å². The standard InChI is InChI=1S/C12H21N3O2S/c1-3-6-16-8-12(2,13)11-14-10(17-15-11)9-5-4-7-18-9/h9H,3-8,13H2,1-2H3. The van der Waals surface area contributed by atoms with Crippen molar-refractivity contribution in [3.63, 3.8) is 0 Å². The molecule has 2 rings (SSSR count). The third-order valence-corrected chi connectivity index (χ3v) is 4.27. The molecule has 1 aromatic heterocycles. The van der Waals surface area contributed by atoms with Gasteiger partial charge < -0.3 is 15.0 Å². The first-order chi connectivity index (χ1) is 8.63. The van der Waals surface area contributed by atoms with Gasteiger partial charge in [0.05, 0.1) is 11.9 Å². The van der Waals surface area contributed by atoms with Gasteiger partial charge in [-0.3, -0.25) is 0 Å². The fraction of sp³-hybridized carbons (Fsp3) is 0.833. The zero-order valence-corrected chi connectivity index (χ0v) is 11.8. The van der Waals surface area contributed by atoms with Gasteiger partial charge >= 0.3 is 0 Å². The summed E-state index contributed by atoms with van der Waals surface area (Å²) in [4.78, 5) is 4.44. The molecule has 18 heavy (non-hydrogen) atoms. The normalized spacial score (nSPS) is 23.2. The Morgan fingerprint density at radius 2 is 2.44 bits per heavy atom. The van der Waals surface area contributed by atoms with Crippen LogP contribution in [-0.4, -0.2) is 29.1 Å². The Balaban J connectivity index is 1.99. The topological polar surface area (TPSA) is 74.2 Å². The highest BCUT2D eigenvalue weighted by Gasteiger charge is 2.30. The maximum absolute atomic E-state index is 6.17. The first-order valence-electron chi connectivity index (χ1n) is 6.46. The molecule has 0 aromatic carbocycles. The second-order valence-electron chi connectivity index (χ2n) is 4.93. The van der Waals surface area contributed by atoms with Crippen LogP contribution in [0.5, 0.6) is 0 Å². The summed E-state index contributed by atoms with van der Waals surface area (Å²) in [7, 11) is 0. The van der Waals surface area contributed by atoms with Crippen LogP contribution in [0.2, 0.25) is 0 Å². The summed E-state index contributed by atoms with van der Waals surface area (Å²) in [5, 5.41) is 4.35. The Labute approximate surface area is 112 Å². The lowest BCUT2D eigenvalue weighted by atomic mass is 10.1. The number of nitrogens with zero attached hydrogens (tertiary/aromatic N) is 2. The van der Waals surface area contributed by atoms with Gasteiger partial charge in [-0.05, 0) is 31.9 Å². The molecule has 0 spiro atoms. The van der Waals surface area contributed by atoms with Gasteiger partial charge in [0, 0.05) is 6.61 Å². The lowest BCUT2D eigenvalue weighted by Gasteiger charge is -2.19. The van der Waals surface area contributed by atoms with Crippen molar-refractivity contribution in [1.29, 1.82) is 0 Å². The van der Waals surface area contributed by atoms with Gasteiger partial charge in [-0.1, -0.05) is 12.1 Å². The Morgan fingerprint density at radius 1 is 1.61 bits per heavy atom. The van der Waals surface area contributed by atoms with Crippen LogP contribution < -0.4 is 5.73 Å². The second-order valence-corrected chi connectivity index (χ2v) is 6.24. The SMILES string of the molecule is CCCOCC(C)(N)c1noc(C2CCCS2)n1. The van der Waals surface area contributed by atoms with Gasteiger partial charge in [0.15, 0.2) is 5.82 Å². The number of nitrogens with two attached hydrogens (primary N) is 1. The van der Waals surface area contributed by atoms with Crippen LogP contribution in [0, 0.1) is 0 Å². The van der Waals surface area contributed by atoms with Crippen LogP contribution in [0.25, 0.3) is 0 Å². The highest BCUT2D eigenvalue weighted by Crippen LogP contribution is 2.39. The predicted octanol–water partition coefficient (Wildman–Crippen LogP) is 2.24. The molecule has 1 aliphatic heterocycles. The van der Waals surface area contributed by atoms with Crippen LogP contribution in [0.3, 0.4) is 0 Å². The Morgan fingerprint density at radius 3 is 3.11 bits per heavy atom. The fourth-order valence-corrected chi connectivity index (χ4v) is 3.05. The zero-order chi connectivity index (χ0) is 13.0. The van der Waals surface area contributed by atoms with E-state index < -0.39 is 5.54 Å². The van der Waals surface area contributed by atoms with Crippen molar-refractivity contribution >= 4 is 11.8 Å². The van der Waals surface area contributed by atoms with Gasteiger partial charge in [0.2, 0.25) is 5.89 Å². The Hall–Kier alpha value is -0.590. The summed E-state index contributed by atoms with van der Waals surface area (Å²) in [5.74, 6) is 2.42. The summed E-state index contributed by atoms with van der Waals surface area (Å²) in [6.45, 7) is 5.06.